The van der Waals surface area contributed by atoms with E-state index < -0.39 is 2.14 Å². The SMILES string of the molecule is CCC(C)OC(=O)C(Br)(Br)Br. The van der Waals surface area contributed by atoms with Crippen molar-refractivity contribution in [3.05, 3.63) is 0 Å². The van der Waals surface area contributed by atoms with Crippen LogP contribution in [0, 0.1) is 0 Å². The van der Waals surface area contributed by atoms with E-state index in [0.29, 0.717) is 0 Å². The molecule has 0 aliphatic carbocycles. The summed E-state index contributed by atoms with van der Waals surface area (Å²) in [5.74, 6) is -0.369. The number of hydrogen-bond acceptors (Lipinski definition) is 2. The van der Waals surface area contributed by atoms with E-state index in [9.17, 15) is 4.79 Å². The first-order valence-corrected chi connectivity index (χ1v) is 5.53. The molecule has 2 nitrogen and oxygen atoms in total. The maximum Gasteiger partial charge on any atom is 0.345 e. The molecule has 11 heavy (non-hydrogen) atoms. The molecule has 66 valence electrons. The largest absolute Gasteiger partial charge is 0.460 e. The highest BCUT2D eigenvalue weighted by Crippen LogP contribution is 2.35. The molecular formula is C6H9Br3O2. The highest BCUT2D eigenvalue weighted by Gasteiger charge is 2.31. The van der Waals surface area contributed by atoms with Gasteiger partial charge in [-0.05, 0) is 61.1 Å². The van der Waals surface area contributed by atoms with Crippen LogP contribution in [0.4, 0.5) is 0 Å². The molecule has 0 radical (unpaired) electrons. The molecule has 0 saturated carbocycles. The number of carbonyl (C=O) groups excluding carboxylic acids is 1. The molecule has 0 aliphatic heterocycles. The molecule has 0 aromatic rings. The van der Waals surface area contributed by atoms with Crippen molar-refractivity contribution in [2.45, 2.75) is 28.5 Å². The second kappa shape index (κ2) is 4.82. The summed E-state index contributed by atoms with van der Waals surface area (Å²) in [6, 6.07) is 0. The van der Waals surface area contributed by atoms with Gasteiger partial charge in [0.05, 0.1) is 6.10 Å². The third-order valence-electron chi connectivity index (χ3n) is 1.11. The quantitative estimate of drug-likeness (QED) is 0.563. The highest BCUT2D eigenvalue weighted by atomic mass is 80.0. The van der Waals surface area contributed by atoms with Crippen LogP contribution in [0.1, 0.15) is 20.3 Å². The molecule has 0 saturated heterocycles. The Morgan fingerprint density at radius 2 is 2.00 bits per heavy atom. The lowest BCUT2D eigenvalue weighted by Gasteiger charge is -2.15. The van der Waals surface area contributed by atoms with Crippen LogP contribution >= 0.6 is 47.8 Å². The minimum atomic E-state index is -0.934. The lowest BCUT2D eigenvalue weighted by Crippen LogP contribution is -2.24. The van der Waals surface area contributed by atoms with E-state index in [4.69, 9.17) is 4.74 Å². The van der Waals surface area contributed by atoms with Crippen molar-refractivity contribution in [1.82, 2.24) is 0 Å². The summed E-state index contributed by atoms with van der Waals surface area (Å²) in [6.45, 7) is 3.80. The van der Waals surface area contributed by atoms with Gasteiger partial charge in [0, 0.05) is 0 Å². The lowest BCUT2D eigenvalue weighted by molar-refractivity contribution is -0.146. The molecule has 0 amide bonds. The minimum Gasteiger partial charge on any atom is -0.460 e. The van der Waals surface area contributed by atoms with Crippen LogP contribution in [-0.2, 0) is 9.53 Å². The summed E-state index contributed by atoms with van der Waals surface area (Å²) < 4.78 is 4.05. The zero-order valence-electron chi connectivity index (χ0n) is 6.23. The fourth-order valence-electron chi connectivity index (χ4n) is 0.333. The Morgan fingerprint density at radius 1 is 1.55 bits per heavy atom. The van der Waals surface area contributed by atoms with E-state index in [1.54, 1.807) is 0 Å². The molecule has 0 aromatic heterocycles. The van der Waals surface area contributed by atoms with Gasteiger partial charge in [0.2, 0.25) is 2.14 Å². The van der Waals surface area contributed by atoms with Gasteiger partial charge in [-0.2, -0.15) is 0 Å². The second-order valence-corrected chi connectivity index (χ2v) is 8.88. The Balaban J connectivity index is 3.88. The first kappa shape index (κ1) is 11.9. The van der Waals surface area contributed by atoms with Gasteiger partial charge in [0.25, 0.3) is 0 Å². The standard InChI is InChI=1S/C6H9Br3O2/c1-3-4(2)11-5(10)6(7,8)9/h4H,3H2,1-2H3. The van der Waals surface area contributed by atoms with Crippen LogP contribution in [0.5, 0.6) is 0 Å². The topological polar surface area (TPSA) is 26.3 Å². The molecule has 0 rings (SSSR count). The van der Waals surface area contributed by atoms with Crippen molar-refractivity contribution in [2.75, 3.05) is 0 Å². The molecule has 0 fully saturated rings. The van der Waals surface area contributed by atoms with Crippen LogP contribution in [0.25, 0.3) is 0 Å². The van der Waals surface area contributed by atoms with Crippen molar-refractivity contribution < 1.29 is 9.53 Å². The number of ether oxygens (including phenoxy) is 1. The molecule has 0 aliphatic rings. The maximum absolute atomic E-state index is 11.1. The molecule has 5 heteroatoms. The van der Waals surface area contributed by atoms with E-state index in [1.165, 1.54) is 0 Å². The fourth-order valence-corrected chi connectivity index (χ4v) is 0.613. The zero-order valence-corrected chi connectivity index (χ0v) is 11.0. The predicted molar refractivity (Wildman–Crippen MR) is 55.4 cm³/mol. The second-order valence-electron chi connectivity index (χ2n) is 2.12. The fraction of sp³-hybridized carbons (Fsp3) is 0.833. The minimum absolute atomic E-state index is 0.0467. The molecule has 1 atom stereocenters. The van der Waals surface area contributed by atoms with Crippen molar-refractivity contribution in [1.29, 1.82) is 0 Å². The number of rotatable bonds is 2. The summed E-state index contributed by atoms with van der Waals surface area (Å²) in [4.78, 5) is 11.1. The molecule has 0 N–H and O–H groups in total. The van der Waals surface area contributed by atoms with Crippen LogP contribution in [0.15, 0.2) is 0 Å². The van der Waals surface area contributed by atoms with E-state index in [1.807, 2.05) is 13.8 Å². The Bertz CT molecular complexity index is 141. The van der Waals surface area contributed by atoms with Gasteiger partial charge in [-0.1, -0.05) is 6.92 Å². The van der Waals surface area contributed by atoms with Gasteiger partial charge in [-0.25, -0.2) is 4.79 Å². The maximum atomic E-state index is 11.1. The monoisotopic (exact) mass is 350 g/mol. The van der Waals surface area contributed by atoms with Gasteiger partial charge in [-0.3, -0.25) is 0 Å². The number of carbonyl (C=O) groups is 1. The summed E-state index contributed by atoms with van der Waals surface area (Å²) >= 11 is 9.18. The number of esters is 1. The van der Waals surface area contributed by atoms with Gasteiger partial charge >= 0.3 is 5.97 Å². The van der Waals surface area contributed by atoms with Gasteiger partial charge in [0.15, 0.2) is 0 Å². The summed E-state index contributed by atoms with van der Waals surface area (Å²) in [6.07, 6.45) is 0.768. The Morgan fingerprint density at radius 3 is 2.27 bits per heavy atom. The first-order chi connectivity index (χ1) is 4.88. The molecule has 0 heterocycles. The average Bonchev–Trinajstić information content (AvgIpc) is 1.85. The van der Waals surface area contributed by atoms with Crippen LogP contribution in [0.2, 0.25) is 0 Å². The first-order valence-electron chi connectivity index (χ1n) is 3.15. The number of alkyl halides is 3. The molecule has 0 aromatic carbocycles. The van der Waals surface area contributed by atoms with Gasteiger partial charge < -0.3 is 4.74 Å². The summed E-state index contributed by atoms with van der Waals surface area (Å²) in [7, 11) is 0. The van der Waals surface area contributed by atoms with Crippen molar-refractivity contribution in [2.24, 2.45) is 0 Å². The number of hydrogen-bond donors (Lipinski definition) is 0. The molecule has 0 bridgehead atoms. The average molecular weight is 353 g/mol. The smallest absolute Gasteiger partial charge is 0.345 e. The van der Waals surface area contributed by atoms with Gasteiger partial charge in [0.1, 0.15) is 0 Å². The number of halogens is 3. The normalized spacial score (nSPS) is 14.3. The van der Waals surface area contributed by atoms with Crippen molar-refractivity contribution in [3.8, 4) is 0 Å². The van der Waals surface area contributed by atoms with Crippen molar-refractivity contribution >= 4 is 53.8 Å². The van der Waals surface area contributed by atoms with E-state index in [0.717, 1.165) is 6.42 Å². The highest BCUT2D eigenvalue weighted by molar-refractivity contribution is 9.40. The Hall–Kier alpha value is 0.910. The van der Waals surface area contributed by atoms with Gasteiger partial charge in [-0.15, -0.1) is 0 Å². The van der Waals surface area contributed by atoms with Crippen LogP contribution < -0.4 is 0 Å². The molecule has 1 unspecified atom stereocenters. The van der Waals surface area contributed by atoms with E-state index in [-0.39, 0.29) is 12.1 Å². The van der Waals surface area contributed by atoms with E-state index in [2.05, 4.69) is 47.8 Å². The van der Waals surface area contributed by atoms with E-state index >= 15 is 0 Å². The lowest BCUT2D eigenvalue weighted by atomic mass is 10.3. The summed E-state index contributed by atoms with van der Waals surface area (Å²) in [5, 5.41) is 0. The Kier molecular flexibility index (Phi) is 5.22. The third-order valence-corrected chi connectivity index (χ3v) is 2.09. The zero-order chi connectivity index (χ0) is 9.07. The molecular weight excluding hydrogens is 344 g/mol. The van der Waals surface area contributed by atoms with Crippen LogP contribution in [0.3, 0.4) is 0 Å². The third kappa shape index (κ3) is 5.20. The molecule has 0 spiro atoms. The van der Waals surface area contributed by atoms with Crippen molar-refractivity contribution in [3.63, 3.8) is 0 Å². The Labute approximate surface area is 91.4 Å². The summed E-state index contributed by atoms with van der Waals surface area (Å²) in [5.41, 5.74) is 0. The van der Waals surface area contributed by atoms with Crippen LogP contribution in [-0.4, -0.2) is 14.2 Å². The predicted octanol–water partition coefficient (Wildman–Crippen LogP) is 3.17.